The van der Waals surface area contributed by atoms with Gasteiger partial charge in [0.2, 0.25) is 0 Å². The van der Waals surface area contributed by atoms with Crippen LogP contribution < -0.4 is 0 Å². The van der Waals surface area contributed by atoms with Crippen LogP contribution in [0.3, 0.4) is 0 Å². The Balaban J connectivity index is 1.74. The second-order valence-corrected chi connectivity index (χ2v) is 6.49. The van der Waals surface area contributed by atoms with Crippen molar-refractivity contribution in [2.24, 2.45) is 5.92 Å². The van der Waals surface area contributed by atoms with Crippen molar-refractivity contribution < 1.29 is 14.7 Å². The number of amides is 1. The monoisotopic (exact) mass is 367 g/mol. The average Bonchev–Trinajstić information content (AvgIpc) is 3.04. The molecular formula is C16H15Cl2N3O3. The summed E-state index contributed by atoms with van der Waals surface area (Å²) in [4.78, 5) is 25.1. The van der Waals surface area contributed by atoms with Gasteiger partial charge in [-0.2, -0.15) is 5.10 Å². The van der Waals surface area contributed by atoms with Gasteiger partial charge >= 0.3 is 5.97 Å². The fourth-order valence-electron chi connectivity index (χ4n) is 2.73. The molecule has 24 heavy (non-hydrogen) atoms. The lowest BCUT2D eigenvalue weighted by Crippen LogP contribution is -2.40. The third-order valence-electron chi connectivity index (χ3n) is 4.10. The van der Waals surface area contributed by atoms with Crippen LogP contribution in [0.5, 0.6) is 0 Å². The molecule has 1 aromatic carbocycles. The number of carbonyl (C=O) groups is 2. The van der Waals surface area contributed by atoms with Crippen LogP contribution in [0, 0.1) is 5.92 Å². The van der Waals surface area contributed by atoms with E-state index in [1.165, 1.54) is 4.68 Å². The minimum atomic E-state index is -0.802. The van der Waals surface area contributed by atoms with E-state index in [2.05, 4.69) is 5.10 Å². The van der Waals surface area contributed by atoms with Crippen LogP contribution in [0.25, 0.3) is 5.69 Å². The third-order valence-corrected chi connectivity index (χ3v) is 4.63. The number of aromatic nitrogens is 2. The maximum Gasteiger partial charge on any atom is 0.306 e. The van der Waals surface area contributed by atoms with Gasteiger partial charge in [0.15, 0.2) is 5.69 Å². The highest BCUT2D eigenvalue weighted by molar-refractivity contribution is 6.35. The molecule has 1 aliphatic heterocycles. The summed E-state index contributed by atoms with van der Waals surface area (Å²) in [6.07, 6.45) is 2.59. The number of rotatable bonds is 3. The summed E-state index contributed by atoms with van der Waals surface area (Å²) in [5.74, 6) is -1.38. The predicted octanol–water partition coefficient (Wildman–Crippen LogP) is 3.12. The number of hydrogen-bond donors (Lipinski definition) is 1. The van der Waals surface area contributed by atoms with Crippen LogP contribution in [0.2, 0.25) is 10.0 Å². The standard InChI is InChI=1S/C16H15Cl2N3O3/c17-11-1-2-14(12(18)9-11)21-8-5-13(19-21)15(22)20-6-3-10(4-7-20)16(23)24/h1-2,5,8-10H,3-4,6-7H2,(H,23,24). The molecule has 2 heterocycles. The summed E-state index contributed by atoms with van der Waals surface area (Å²) in [7, 11) is 0. The van der Waals surface area contributed by atoms with E-state index in [0.29, 0.717) is 47.4 Å². The molecule has 6 nitrogen and oxygen atoms in total. The zero-order chi connectivity index (χ0) is 17.3. The Morgan fingerprint density at radius 2 is 1.88 bits per heavy atom. The lowest BCUT2D eigenvalue weighted by Gasteiger charge is -2.29. The molecule has 1 aromatic heterocycles. The largest absolute Gasteiger partial charge is 0.481 e. The number of aliphatic carboxylic acids is 1. The first-order valence-electron chi connectivity index (χ1n) is 7.49. The predicted molar refractivity (Wildman–Crippen MR) is 89.8 cm³/mol. The van der Waals surface area contributed by atoms with Crippen LogP contribution in [-0.4, -0.2) is 44.8 Å². The molecule has 1 saturated heterocycles. The molecule has 0 aliphatic carbocycles. The van der Waals surface area contributed by atoms with E-state index >= 15 is 0 Å². The maximum absolute atomic E-state index is 12.5. The number of carboxylic acid groups (broad SMARTS) is 1. The highest BCUT2D eigenvalue weighted by atomic mass is 35.5. The van der Waals surface area contributed by atoms with Gasteiger partial charge in [-0.1, -0.05) is 23.2 Å². The van der Waals surface area contributed by atoms with E-state index < -0.39 is 5.97 Å². The van der Waals surface area contributed by atoms with Crippen molar-refractivity contribution in [2.75, 3.05) is 13.1 Å². The van der Waals surface area contributed by atoms with Crippen LogP contribution in [0.1, 0.15) is 23.3 Å². The van der Waals surface area contributed by atoms with Crippen molar-refractivity contribution >= 4 is 35.1 Å². The Hall–Kier alpha value is -2.05. The van der Waals surface area contributed by atoms with E-state index in [1.807, 2.05) is 0 Å². The van der Waals surface area contributed by atoms with Crippen LogP contribution >= 0.6 is 23.2 Å². The fraction of sp³-hybridized carbons (Fsp3) is 0.312. The first kappa shape index (κ1) is 16.8. The average molecular weight is 368 g/mol. The van der Waals surface area contributed by atoms with Gasteiger partial charge in [-0.15, -0.1) is 0 Å². The van der Waals surface area contributed by atoms with Crippen LogP contribution in [0.4, 0.5) is 0 Å². The van der Waals surface area contributed by atoms with E-state index in [4.69, 9.17) is 28.3 Å². The summed E-state index contributed by atoms with van der Waals surface area (Å²) >= 11 is 12.0. The molecular weight excluding hydrogens is 353 g/mol. The second-order valence-electron chi connectivity index (χ2n) is 5.65. The number of carboxylic acids is 1. The third kappa shape index (κ3) is 3.39. The number of benzene rings is 1. The fourth-order valence-corrected chi connectivity index (χ4v) is 3.23. The summed E-state index contributed by atoms with van der Waals surface area (Å²) in [5, 5.41) is 14.3. The van der Waals surface area contributed by atoms with Gasteiger partial charge < -0.3 is 10.0 Å². The molecule has 0 saturated carbocycles. The minimum absolute atomic E-state index is 0.206. The van der Waals surface area contributed by atoms with Crippen molar-refractivity contribution in [3.8, 4) is 5.69 Å². The van der Waals surface area contributed by atoms with E-state index in [0.717, 1.165) is 0 Å². The summed E-state index contributed by atoms with van der Waals surface area (Å²) < 4.78 is 1.52. The SMILES string of the molecule is O=C(O)C1CCN(C(=O)c2ccn(-c3ccc(Cl)cc3Cl)n2)CC1. The van der Waals surface area contributed by atoms with Gasteiger partial charge in [0.1, 0.15) is 0 Å². The number of likely N-dealkylation sites (tertiary alicyclic amines) is 1. The Labute approximate surface area is 148 Å². The molecule has 1 fully saturated rings. The van der Waals surface area contributed by atoms with Crippen LogP contribution in [-0.2, 0) is 4.79 Å². The van der Waals surface area contributed by atoms with Crippen molar-refractivity contribution in [2.45, 2.75) is 12.8 Å². The van der Waals surface area contributed by atoms with Gasteiger partial charge in [-0.3, -0.25) is 9.59 Å². The maximum atomic E-state index is 12.5. The molecule has 1 aliphatic rings. The molecule has 1 N–H and O–H groups in total. The van der Waals surface area contributed by atoms with E-state index in [-0.39, 0.29) is 11.8 Å². The summed E-state index contributed by atoms with van der Waals surface area (Å²) in [5.41, 5.74) is 0.930. The molecule has 1 amide bonds. The Morgan fingerprint density at radius 3 is 2.50 bits per heavy atom. The summed E-state index contributed by atoms with van der Waals surface area (Å²) in [6, 6.07) is 6.65. The zero-order valence-electron chi connectivity index (χ0n) is 12.7. The topological polar surface area (TPSA) is 75.4 Å². The summed E-state index contributed by atoms with van der Waals surface area (Å²) in [6.45, 7) is 0.842. The number of carbonyl (C=O) groups excluding carboxylic acids is 1. The Morgan fingerprint density at radius 1 is 1.17 bits per heavy atom. The highest BCUT2D eigenvalue weighted by Gasteiger charge is 2.28. The van der Waals surface area contributed by atoms with Crippen molar-refractivity contribution in [1.29, 1.82) is 0 Å². The van der Waals surface area contributed by atoms with Gasteiger partial charge in [0.05, 0.1) is 16.6 Å². The molecule has 2 aromatic rings. The lowest BCUT2D eigenvalue weighted by molar-refractivity contribution is -0.143. The first-order valence-corrected chi connectivity index (χ1v) is 8.24. The molecule has 0 unspecified atom stereocenters. The number of halogens is 2. The molecule has 3 rings (SSSR count). The lowest BCUT2D eigenvalue weighted by atomic mass is 9.97. The van der Waals surface area contributed by atoms with Crippen molar-refractivity contribution in [3.05, 3.63) is 46.2 Å². The van der Waals surface area contributed by atoms with Crippen LogP contribution in [0.15, 0.2) is 30.5 Å². The molecule has 8 heteroatoms. The molecule has 0 radical (unpaired) electrons. The Kier molecular flexibility index (Phi) is 4.78. The van der Waals surface area contributed by atoms with Crippen molar-refractivity contribution in [1.82, 2.24) is 14.7 Å². The highest BCUT2D eigenvalue weighted by Crippen LogP contribution is 2.24. The smallest absolute Gasteiger partial charge is 0.306 e. The minimum Gasteiger partial charge on any atom is -0.481 e. The Bertz CT molecular complexity index is 783. The molecule has 0 spiro atoms. The quantitative estimate of drug-likeness (QED) is 0.903. The second kappa shape index (κ2) is 6.83. The van der Waals surface area contributed by atoms with Gasteiger partial charge in [0, 0.05) is 24.3 Å². The zero-order valence-corrected chi connectivity index (χ0v) is 14.2. The normalized spacial score (nSPS) is 15.5. The van der Waals surface area contributed by atoms with Gasteiger partial charge in [-0.05, 0) is 37.1 Å². The van der Waals surface area contributed by atoms with Gasteiger partial charge in [0.25, 0.3) is 5.91 Å². The number of piperidine rings is 1. The molecule has 0 atom stereocenters. The van der Waals surface area contributed by atoms with E-state index in [9.17, 15) is 9.59 Å². The first-order chi connectivity index (χ1) is 11.5. The number of hydrogen-bond acceptors (Lipinski definition) is 3. The molecule has 126 valence electrons. The number of nitrogens with zero attached hydrogens (tertiary/aromatic N) is 3. The molecule has 0 bridgehead atoms. The van der Waals surface area contributed by atoms with E-state index in [1.54, 1.807) is 35.4 Å². The van der Waals surface area contributed by atoms with Crippen molar-refractivity contribution in [3.63, 3.8) is 0 Å². The van der Waals surface area contributed by atoms with Gasteiger partial charge in [-0.25, -0.2) is 4.68 Å².